The van der Waals surface area contributed by atoms with Crippen LogP contribution in [0.25, 0.3) is 5.76 Å². The van der Waals surface area contributed by atoms with E-state index in [4.69, 9.17) is 13.6 Å². The lowest BCUT2D eigenvalue weighted by Crippen LogP contribution is -2.28. The summed E-state index contributed by atoms with van der Waals surface area (Å²) in [7, 11) is 0. The van der Waals surface area contributed by atoms with E-state index in [2.05, 4.69) is 0 Å². The van der Waals surface area contributed by atoms with Crippen LogP contribution < -0.4 is 4.74 Å². The van der Waals surface area contributed by atoms with Crippen LogP contribution in [-0.2, 0) is 22.7 Å². The molecule has 0 aliphatic carbocycles. The van der Waals surface area contributed by atoms with E-state index in [1.54, 1.807) is 49.4 Å². The minimum Gasteiger partial charge on any atom is -0.507 e. The second-order valence-corrected chi connectivity index (χ2v) is 8.71. The maximum atomic E-state index is 13.2. The highest BCUT2D eigenvalue weighted by molar-refractivity contribution is 6.46. The lowest BCUT2D eigenvalue weighted by molar-refractivity contribution is -0.140. The summed E-state index contributed by atoms with van der Waals surface area (Å²) in [5.74, 6) is 0.412. The van der Waals surface area contributed by atoms with Gasteiger partial charge in [0.05, 0.1) is 18.4 Å². The third-order valence-electron chi connectivity index (χ3n) is 6.16. The number of aryl methyl sites for hydroxylation is 2. The van der Waals surface area contributed by atoms with Gasteiger partial charge in [-0.1, -0.05) is 30.3 Å². The standard InChI is InChI=1S/C29H25NO6/c1-18-15-21(11-13-23(18)35-17-20-7-4-3-5-8-20)27(31)25-26(24-12-10-19(2)36-24)30(29(33)28(25)32)16-22-9-6-14-34-22/h3-15,26,31H,16-17H2,1-2H3/b27-25-. The fraction of sp³-hybridized carbons (Fsp3) is 0.172. The zero-order chi connectivity index (χ0) is 25.2. The zero-order valence-electron chi connectivity index (χ0n) is 19.9. The van der Waals surface area contributed by atoms with Crippen molar-refractivity contribution in [1.29, 1.82) is 0 Å². The molecule has 36 heavy (non-hydrogen) atoms. The maximum Gasteiger partial charge on any atom is 0.296 e. The van der Waals surface area contributed by atoms with Gasteiger partial charge in [-0.05, 0) is 67.4 Å². The number of ether oxygens (including phenoxy) is 1. The number of hydrogen-bond acceptors (Lipinski definition) is 6. The molecule has 1 N–H and O–H groups in total. The molecular formula is C29H25NO6. The number of aliphatic hydroxyl groups excluding tert-OH is 1. The Morgan fingerprint density at radius 2 is 1.81 bits per heavy atom. The van der Waals surface area contributed by atoms with E-state index in [9.17, 15) is 14.7 Å². The number of furan rings is 2. The lowest BCUT2D eigenvalue weighted by atomic mass is 9.98. The highest BCUT2D eigenvalue weighted by atomic mass is 16.5. The molecule has 2 aromatic heterocycles. The SMILES string of the molecule is Cc1ccc(C2/C(=C(/O)c3ccc(OCc4ccccc4)c(C)c3)C(=O)C(=O)N2Cc2ccco2)o1. The summed E-state index contributed by atoms with van der Waals surface area (Å²) in [6, 6.07) is 21.0. The lowest BCUT2D eigenvalue weighted by Gasteiger charge is -2.22. The smallest absolute Gasteiger partial charge is 0.296 e. The number of hydrogen-bond donors (Lipinski definition) is 1. The van der Waals surface area contributed by atoms with E-state index in [1.807, 2.05) is 37.3 Å². The highest BCUT2D eigenvalue weighted by Gasteiger charge is 2.47. The van der Waals surface area contributed by atoms with Crippen molar-refractivity contribution in [3.05, 3.63) is 119 Å². The van der Waals surface area contributed by atoms with Crippen LogP contribution in [0.2, 0.25) is 0 Å². The highest BCUT2D eigenvalue weighted by Crippen LogP contribution is 2.41. The van der Waals surface area contributed by atoms with Gasteiger partial charge in [0.1, 0.15) is 41.4 Å². The molecule has 5 rings (SSSR count). The van der Waals surface area contributed by atoms with E-state index < -0.39 is 17.7 Å². The van der Waals surface area contributed by atoms with E-state index in [0.29, 0.717) is 35.2 Å². The molecule has 7 nitrogen and oxygen atoms in total. The number of aliphatic hydroxyl groups is 1. The van der Waals surface area contributed by atoms with Gasteiger partial charge in [-0.25, -0.2) is 0 Å². The number of rotatable bonds is 7. The van der Waals surface area contributed by atoms with E-state index in [0.717, 1.165) is 11.1 Å². The van der Waals surface area contributed by atoms with Gasteiger partial charge in [-0.2, -0.15) is 0 Å². The van der Waals surface area contributed by atoms with Crippen molar-refractivity contribution >= 4 is 17.4 Å². The summed E-state index contributed by atoms with van der Waals surface area (Å²) in [5.41, 5.74) is 2.20. The average molecular weight is 484 g/mol. The van der Waals surface area contributed by atoms with Gasteiger partial charge in [0.2, 0.25) is 0 Å². The molecule has 1 atom stereocenters. The Labute approximate surface area is 208 Å². The largest absolute Gasteiger partial charge is 0.507 e. The minimum absolute atomic E-state index is 0.0294. The molecule has 3 heterocycles. The van der Waals surface area contributed by atoms with Crippen molar-refractivity contribution in [2.75, 3.05) is 0 Å². The van der Waals surface area contributed by atoms with Gasteiger partial charge >= 0.3 is 0 Å². The molecule has 182 valence electrons. The first-order chi connectivity index (χ1) is 17.4. The second kappa shape index (κ2) is 9.62. The molecule has 1 amide bonds. The normalized spacial score (nSPS) is 17.1. The van der Waals surface area contributed by atoms with Gasteiger partial charge in [-0.3, -0.25) is 9.59 Å². The molecule has 1 aliphatic rings. The third-order valence-corrected chi connectivity index (χ3v) is 6.16. The Hall–Kier alpha value is -4.52. The number of amides is 1. The van der Waals surface area contributed by atoms with Crippen LogP contribution in [0.1, 0.15) is 40.0 Å². The Balaban J connectivity index is 1.50. The van der Waals surface area contributed by atoms with Crippen molar-refractivity contribution in [1.82, 2.24) is 4.90 Å². The number of benzene rings is 2. The van der Waals surface area contributed by atoms with Gasteiger partial charge in [0.15, 0.2) is 0 Å². The van der Waals surface area contributed by atoms with Gasteiger partial charge in [0.25, 0.3) is 11.7 Å². The van der Waals surface area contributed by atoms with Crippen molar-refractivity contribution in [2.45, 2.75) is 33.0 Å². The van der Waals surface area contributed by atoms with E-state index in [-0.39, 0.29) is 17.9 Å². The second-order valence-electron chi connectivity index (χ2n) is 8.71. The van der Waals surface area contributed by atoms with Gasteiger partial charge < -0.3 is 23.6 Å². The van der Waals surface area contributed by atoms with Crippen LogP contribution in [0, 0.1) is 13.8 Å². The van der Waals surface area contributed by atoms with Crippen LogP contribution in [-0.4, -0.2) is 21.7 Å². The molecule has 1 aliphatic heterocycles. The summed E-state index contributed by atoms with van der Waals surface area (Å²) in [6.45, 7) is 4.10. The summed E-state index contributed by atoms with van der Waals surface area (Å²) >= 11 is 0. The van der Waals surface area contributed by atoms with Gasteiger partial charge in [0, 0.05) is 5.56 Å². The average Bonchev–Trinajstić information content (AvgIpc) is 3.61. The van der Waals surface area contributed by atoms with Crippen molar-refractivity contribution < 1.29 is 28.3 Å². The molecule has 7 heteroatoms. The van der Waals surface area contributed by atoms with Crippen molar-refractivity contribution in [2.24, 2.45) is 0 Å². The predicted octanol–water partition coefficient (Wildman–Crippen LogP) is 5.69. The molecule has 1 saturated heterocycles. The Morgan fingerprint density at radius 1 is 1.00 bits per heavy atom. The molecule has 4 aromatic rings. The van der Waals surface area contributed by atoms with Crippen molar-refractivity contribution in [3.63, 3.8) is 0 Å². The zero-order valence-corrected chi connectivity index (χ0v) is 19.9. The predicted molar refractivity (Wildman–Crippen MR) is 132 cm³/mol. The number of nitrogens with zero attached hydrogens (tertiary/aromatic N) is 1. The molecular weight excluding hydrogens is 458 g/mol. The molecule has 1 fully saturated rings. The van der Waals surface area contributed by atoms with Gasteiger partial charge in [-0.15, -0.1) is 0 Å². The molecule has 0 bridgehead atoms. The summed E-state index contributed by atoms with van der Waals surface area (Å²) in [6.07, 6.45) is 1.50. The molecule has 0 radical (unpaired) electrons. The summed E-state index contributed by atoms with van der Waals surface area (Å²) < 4.78 is 17.1. The molecule has 0 saturated carbocycles. The van der Waals surface area contributed by atoms with Crippen LogP contribution in [0.15, 0.2) is 93.5 Å². The van der Waals surface area contributed by atoms with Crippen LogP contribution in [0.3, 0.4) is 0 Å². The first-order valence-corrected chi connectivity index (χ1v) is 11.6. The first-order valence-electron chi connectivity index (χ1n) is 11.6. The number of carbonyl (C=O) groups excluding carboxylic acids is 2. The van der Waals surface area contributed by atoms with Crippen LogP contribution in [0.4, 0.5) is 0 Å². The van der Waals surface area contributed by atoms with E-state index >= 15 is 0 Å². The van der Waals surface area contributed by atoms with Crippen LogP contribution in [0.5, 0.6) is 5.75 Å². The van der Waals surface area contributed by atoms with Crippen LogP contribution >= 0.6 is 0 Å². The topological polar surface area (TPSA) is 93.1 Å². The fourth-order valence-corrected chi connectivity index (χ4v) is 4.36. The third kappa shape index (κ3) is 4.43. The quantitative estimate of drug-likeness (QED) is 0.206. The minimum atomic E-state index is -0.891. The molecule has 1 unspecified atom stereocenters. The maximum absolute atomic E-state index is 13.2. The van der Waals surface area contributed by atoms with Crippen molar-refractivity contribution in [3.8, 4) is 5.75 Å². The summed E-state index contributed by atoms with van der Waals surface area (Å²) in [5, 5.41) is 11.3. The first kappa shape index (κ1) is 23.2. The monoisotopic (exact) mass is 483 g/mol. The fourth-order valence-electron chi connectivity index (χ4n) is 4.36. The Kier molecular flexibility index (Phi) is 6.21. The van der Waals surface area contributed by atoms with E-state index in [1.165, 1.54) is 11.2 Å². The Morgan fingerprint density at radius 3 is 2.47 bits per heavy atom. The number of Topliss-reactive ketones (excluding diaryl/α,β-unsaturated/α-hetero) is 1. The molecule has 0 spiro atoms. The number of likely N-dealkylation sites (tertiary alicyclic amines) is 1. The Bertz CT molecular complexity index is 1430. The number of carbonyl (C=O) groups is 2. The number of ketones is 1. The summed E-state index contributed by atoms with van der Waals surface area (Å²) in [4.78, 5) is 27.5. The molecule has 2 aromatic carbocycles.